The number of imidazole rings is 1. The Morgan fingerprint density at radius 3 is 2.86 bits per heavy atom. The lowest BCUT2D eigenvalue weighted by Gasteiger charge is -2.17. The minimum Gasteiger partial charge on any atom is -0.344 e. The molecule has 0 saturated carbocycles. The van der Waals surface area contributed by atoms with Crippen LogP contribution in [0.15, 0.2) is 48.9 Å². The van der Waals surface area contributed by atoms with Crippen molar-refractivity contribution in [2.75, 3.05) is 31.6 Å². The molecule has 6 heteroatoms. The molecule has 0 aliphatic carbocycles. The second kappa shape index (κ2) is 7.72. The summed E-state index contributed by atoms with van der Waals surface area (Å²) in [5.41, 5.74) is 3.17. The van der Waals surface area contributed by atoms with E-state index < -0.39 is 0 Å². The first-order valence-corrected chi connectivity index (χ1v) is 9.68. The second-order valence-electron chi connectivity index (χ2n) is 7.51. The summed E-state index contributed by atoms with van der Waals surface area (Å²) in [5, 5.41) is 5.58. The number of nitrogens with zero attached hydrogens (tertiary/aromatic N) is 4. The number of pyridine rings is 1. The van der Waals surface area contributed by atoms with E-state index in [4.69, 9.17) is 0 Å². The third-order valence-corrected chi connectivity index (χ3v) is 5.69. The van der Waals surface area contributed by atoms with Crippen LogP contribution in [0.25, 0.3) is 22.0 Å². The Morgan fingerprint density at radius 2 is 2.11 bits per heavy atom. The Balaban J connectivity index is 1.54. The molecule has 28 heavy (non-hydrogen) atoms. The van der Waals surface area contributed by atoms with Crippen LogP contribution in [0, 0.1) is 12.8 Å². The van der Waals surface area contributed by atoms with Gasteiger partial charge in [-0.05, 0) is 37.4 Å². The van der Waals surface area contributed by atoms with Crippen molar-refractivity contribution in [1.29, 1.82) is 0 Å². The number of halogens is 1. The lowest BCUT2D eigenvalue weighted by molar-refractivity contribution is 0.291. The molecule has 2 aromatic heterocycles. The lowest BCUT2D eigenvalue weighted by Crippen LogP contribution is -2.24. The second-order valence-corrected chi connectivity index (χ2v) is 7.51. The number of rotatable bonds is 6. The van der Waals surface area contributed by atoms with Crippen LogP contribution in [0.4, 0.5) is 10.2 Å². The summed E-state index contributed by atoms with van der Waals surface area (Å²) in [7, 11) is 2.03. The molecule has 0 amide bonds. The molecule has 4 rings (SSSR count). The monoisotopic (exact) mass is 379 g/mol. The molecule has 1 aromatic carbocycles. The minimum atomic E-state index is -0.294. The van der Waals surface area contributed by atoms with Crippen LogP contribution in [-0.4, -0.2) is 45.7 Å². The van der Waals surface area contributed by atoms with E-state index in [1.54, 1.807) is 0 Å². The molecule has 1 atom stereocenters. The predicted molar refractivity (Wildman–Crippen MR) is 112 cm³/mol. The topological polar surface area (TPSA) is 46.0 Å². The standard InChI is InChI=1S/C22H26FN5/c1-15(19-6-8-28(14-19)9-7-23)26-22-11-20-10-17(4-5-18(20)12-25-22)21-13-24-16(2)27(21)3/h4-5,10-13,19H,1,6-9,14H2,2-3H3,(H,25,26). The number of hydrogen-bond donors (Lipinski definition) is 1. The Kier molecular flexibility index (Phi) is 5.13. The molecule has 0 spiro atoms. The van der Waals surface area contributed by atoms with Gasteiger partial charge in [-0.3, -0.25) is 0 Å². The number of aryl methyl sites for hydroxylation is 1. The molecule has 1 saturated heterocycles. The number of nitrogens with one attached hydrogen (secondary N) is 1. The third kappa shape index (κ3) is 3.64. The molecular formula is C22H26FN5. The molecular weight excluding hydrogens is 353 g/mol. The highest BCUT2D eigenvalue weighted by Crippen LogP contribution is 2.28. The first-order chi connectivity index (χ1) is 13.5. The third-order valence-electron chi connectivity index (χ3n) is 5.69. The van der Waals surface area contributed by atoms with Crippen molar-refractivity contribution >= 4 is 16.6 Å². The fraction of sp³-hybridized carbons (Fsp3) is 0.364. The van der Waals surface area contributed by atoms with E-state index in [-0.39, 0.29) is 6.67 Å². The van der Waals surface area contributed by atoms with E-state index in [0.717, 1.165) is 58.9 Å². The molecule has 0 radical (unpaired) electrons. The Morgan fingerprint density at radius 1 is 1.25 bits per heavy atom. The molecule has 3 heterocycles. The smallest absolute Gasteiger partial charge is 0.130 e. The van der Waals surface area contributed by atoms with Crippen LogP contribution in [0.5, 0.6) is 0 Å². The van der Waals surface area contributed by atoms with E-state index in [1.165, 1.54) is 0 Å². The van der Waals surface area contributed by atoms with Gasteiger partial charge in [0.2, 0.25) is 0 Å². The normalized spacial score (nSPS) is 17.3. The highest BCUT2D eigenvalue weighted by molar-refractivity contribution is 5.88. The Labute approximate surface area is 164 Å². The highest BCUT2D eigenvalue weighted by Gasteiger charge is 2.24. The van der Waals surface area contributed by atoms with Gasteiger partial charge in [-0.1, -0.05) is 18.7 Å². The number of hydrogen-bond acceptors (Lipinski definition) is 4. The zero-order valence-electron chi connectivity index (χ0n) is 16.5. The van der Waals surface area contributed by atoms with Crippen LogP contribution in [0.1, 0.15) is 12.2 Å². The SMILES string of the molecule is C=C(Nc1cc2cc(-c3cnc(C)n3C)ccc2cn1)C1CCN(CCF)C1. The van der Waals surface area contributed by atoms with Gasteiger partial charge in [0, 0.05) is 48.9 Å². The van der Waals surface area contributed by atoms with Gasteiger partial charge in [0.05, 0.1) is 11.9 Å². The van der Waals surface area contributed by atoms with Crippen LogP contribution in [0.2, 0.25) is 0 Å². The van der Waals surface area contributed by atoms with Gasteiger partial charge in [-0.15, -0.1) is 0 Å². The Hall–Kier alpha value is -2.73. The van der Waals surface area contributed by atoms with Gasteiger partial charge in [-0.2, -0.15) is 0 Å². The van der Waals surface area contributed by atoms with Gasteiger partial charge in [0.1, 0.15) is 18.3 Å². The summed E-state index contributed by atoms with van der Waals surface area (Å²) in [4.78, 5) is 11.1. The van der Waals surface area contributed by atoms with Crippen LogP contribution in [-0.2, 0) is 7.05 Å². The first-order valence-electron chi connectivity index (χ1n) is 9.68. The molecule has 5 nitrogen and oxygen atoms in total. The number of anilines is 1. The summed E-state index contributed by atoms with van der Waals surface area (Å²) < 4.78 is 14.6. The van der Waals surface area contributed by atoms with Crippen LogP contribution in [0.3, 0.4) is 0 Å². The molecule has 0 bridgehead atoms. The molecule has 1 aliphatic rings. The average molecular weight is 379 g/mol. The maximum absolute atomic E-state index is 12.6. The fourth-order valence-electron chi connectivity index (χ4n) is 3.85. The summed E-state index contributed by atoms with van der Waals surface area (Å²) in [6.45, 7) is 8.20. The summed E-state index contributed by atoms with van der Waals surface area (Å²) in [6.07, 6.45) is 4.79. The Bertz CT molecular complexity index is 1010. The van der Waals surface area contributed by atoms with Crippen molar-refractivity contribution in [2.24, 2.45) is 13.0 Å². The van der Waals surface area contributed by atoms with E-state index in [0.29, 0.717) is 12.5 Å². The van der Waals surface area contributed by atoms with Gasteiger partial charge in [-0.25, -0.2) is 14.4 Å². The first kappa shape index (κ1) is 18.6. The minimum absolute atomic E-state index is 0.294. The molecule has 1 unspecified atom stereocenters. The van der Waals surface area contributed by atoms with Crippen molar-refractivity contribution in [3.8, 4) is 11.3 Å². The molecule has 3 aromatic rings. The zero-order chi connectivity index (χ0) is 19.7. The molecule has 1 fully saturated rings. The molecule has 1 aliphatic heterocycles. The van der Waals surface area contributed by atoms with Crippen molar-refractivity contribution in [1.82, 2.24) is 19.4 Å². The van der Waals surface area contributed by atoms with Crippen molar-refractivity contribution in [3.63, 3.8) is 0 Å². The van der Waals surface area contributed by atoms with Crippen LogP contribution >= 0.6 is 0 Å². The van der Waals surface area contributed by atoms with Crippen molar-refractivity contribution < 1.29 is 4.39 Å². The van der Waals surface area contributed by atoms with Crippen LogP contribution < -0.4 is 5.32 Å². The quantitative estimate of drug-likeness (QED) is 0.699. The van der Waals surface area contributed by atoms with Gasteiger partial charge in [0.15, 0.2) is 0 Å². The highest BCUT2D eigenvalue weighted by atomic mass is 19.1. The number of alkyl halides is 1. The summed E-state index contributed by atoms with van der Waals surface area (Å²) >= 11 is 0. The number of likely N-dealkylation sites (tertiary alicyclic amines) is 1. The fourth-order valence-corrected chi connectivity index (χ4v) is 3.85. The summed E-state index contributed by atoms with van der Waals surface area (Å²) in [6, 6.07) is 8.41. The number of fused-ring (bicyclic) bond motifs is 1. The van der Waals surface area contributed by atoms with E-state index in [1.807, 2.05) is 26.4 Å². The van der Waals surface area contributed by atoms with E-state index >= 15 is 0 Å². The van der Waals surface area contributed by atoms with Crippen molar-refractivity contribution in [3.05, 3.63) is 54.8 Å². The number of benzene rings is 1. The molecule has 146 valence electrons. The number of aromatic nitrogens is 3. The summed E-state index contributed by atoms with van der Waals surface area (Å²) in [5.74, 6) is 2.11. The largest absolute Gasteiger partial charge is 0.344 e. The van der Waals surface area contributed by atoms with Gasteiger partial charge in [0.25, 0.3) is 0 Å². The van der Waals surface area contributed by atoms with Crippen molar-refractivity contribution in [2.45, 2.75) is 13.3 Å². The molecule has 1 N–H and O–H groups in total. The van der Waals surface area contributed by atoms with Gasteiger partial charge >= 0.3 is 0 Å². The van der Waals surface area contributed by atoms with E-state index in [2.05, 4.69) is 55.6 Å². The average Bonchev–Trinajstić information content (AvgIpc) is 3.29. The van der Waals surface area contributed by atoms with E-state index in [9.17, 15) is 4.39 Å². The maximum Gasteiger partial charge on any atom is 0.130 e. The van der Waals surface area contributed by atoms with Gasteiger partial charge < -0.3 is 14.8 Å². The predicted octanol–water partition coefficient (Wildman–Crippen LogP) is 4.16. The maximum atomic E-state index is 12.6. The zero-order valence-corrected chi connectivity index (χ0v) is 16.5. The lowest BCUT2D eigenvalue weighted by atomic mass is 10.1.